The van der Waals surface area contributed by atoms with Crippen LogP contribution in [0.3, 0.4) is 0 Å². The number of carboxylic acids is 1. The van der Waals surface area contributed by atoms with Gasteiger partial charge in [0.05, 0.1) is 5.41 Å². The minimum absolute atomic E-state index is 0.354. The van der Waals surface area contributed by atoms with Gasteiger partial charge in [-0.1, -0.05) is 25.3 Å². The molecule has 0 bridgehead atoms. The molecule has 1 fully saturated rings. The number of carboxylic acid groups (broad SMARTS) is 1. The largest absolute Gasteiger partial charge is 0.481 e. The lowest BCUT2D eigenvalue weighted by molar-refractivity contribution is -0.145. The number of hydrogen-bond acceptors (Lipinski definition) is 2. The molecular formula is C15H20FNO2. The van der Waals surface area contributed by atoms with E-state index in [2.05, 4.69) is 0 Å². The molecule has 104 valence electrons. The summed E-state index contributed by atoms with van der Waals surface area (Å²) in [6, 6.07) is 4.78. The van der Waals surface area contributed by atoms with Crippen LogP contribution in [-0.2, 0) is 10.2 Å². The lowest BCUT2D eigenvalue weighted by Crippen LogP contribution is -2.40. The van der Waals surface area contributed by atoms with Crippen LogP contribution in [0.1, 0.15) is 37.7 Å². The fourth-order valence-electron chi connectivity index (χ4n) is 3.09. The van der Waals surface area contributed by atoms with Crippen molar-refractivity contribution in [2.75, 3.05) is 19.0 Å². The van der Waals surface area contributed by atoms with Gasteiger partial charge < -0.3 is 10.0 Å². The monoisotopic (exact) mass is 265 g/mol. The summed E-state index contributed by atoms with van der Waals surface area (Å²) in [6.07, 6.45) is 3.75. The van der Waals surface area contributed by atoms with E-state index in [1.807, 2.05) is 14.1 Å². The number of benzene rings is 1. The van der Waals surface area contributed by atoms with E-state index in [0.29, 0.717) is 24.1 Å². The summed E-state index contributed by atoms with van der Waals surface area (Å²) in [6.45, 7) is 0. The molecule has 1 aliphatic carbocycles. The Hall–Kier alpha value is -1.58. The van der Waals surface area contributed by atoms with Gasteiger partial charge in [-0.25, -0.2) is 4.39 Å². The summed E-state index contributed by atoms with van der Waals surface area (Å²) < 4.78 is 14.3. The molecule has 4 heteroatoms. The second-order valence-electron chi connectivity index (χ2n) is 5.48. The number of halogens is 1. The van der Waals surface area contributed by atoms with Crippen LogP contribution in [0.25, 0.3) is 0 Å². The SMILES string of the molecule is CN(C)c1cccc(F)c1C1(C(=O)O)CCCCC1. The maximum atomic E-state index is 14.3. The number of nitrogens with zero attached hydrogens (tertiary/aromatic N) is 1. The molecule has 0 amide bonds. The molecule has 2 rings (SSSR count). The van der Waals surface area contributed by atoms with Gasteiger partial charge in [0.15, 0.2) is 0 Å². The van der Waals surface area contributed by atoms with Gasteiger partial charge in [-0.15, -0.1) is 0 Å². The molecule has 1 aromatic carbocycles. The van der Waals surface area contributed by atoms with Gasteiger partial charge in [0.1, 0.15) is 5.82 Å². The first-order valence-electron chi connectivity index (χ1n) is 6.69. The van der Waals surface area contributed by atoms with Crippen molar-refractivity contribution in [1.82, 2.24) is 0 Å². The van der Waals surface area contributed by atoms with E-state index >= 15 is 0 Å². The van der Waals surface area contributed by atoms with E-state index in [-0.39, 0.29) is 0 Å². The highest BCUT2D eigenvalue weighted by molar-refractivity contribution is 5.84. The third kappa shape index (κ3) is 2.31. The smallest absolute Gasteiger partial charge is 0.314 e. The Balaban J connectivity index is 2.62. The summed E-state index contributed by atoms with van der Waals surface area (Å²) in [7, 11) is 3.63. The van der Waals surface area contributed by atoms with Crippen molar-refractivity contribution in [2.45, 2.75) is 37.5 Å². The lowest BCUT2D eigenvalue weighted by atomic mass is 9.68. The number of anilines is 1. The van der Waals surface area contributed by atoms with Gasteiger partial charge in [-0.2, -0.15) is 0 Å². The zero-order chi connectivity index (χ0) is 14.0. The van der Waals surface area contributed by atoms with Crippen molar-refractivity contribution in [3.63, 3.8) is 0 Å². The Bertz CT molecular complexity index is 479. The Morgan fingerprint density at radius 3 is 2.42 bits per heavy atom. The minimum atomic E-state index is -1.07. The van der Waals surface area contributed by atoms with Crippen molar-refractivity contribution in [3.8, 4) is 0 Å². The zero-order valence-electron chi connectivity index (χ0n) is 11.4. The molecule has 0 aromatic heterocycles. The highest BCUT2D eigenvalue weighted by Crippen LogP contribution is 2.44. The molecule has 1 N–H and O–H groups in total. The summed E-state index contributed by atoms with van der Waals surface area (Å²) in [4.78, 5) is 13.6. The Kier molecular flexibility index (Phi) is 3.78. The fourth-order valence-corrected chi connectivity index (χ4v) is 3.09. The van der Waals surface area contributed by atoms with Crippen molar-refractivity contribution in [2.24, 2.45) is 0 Å². The number of hydrogen-bond donors (Lipinski definition) is 1. The van der Waals surface area contributed by atoms with Crippen molar-refractivity contribution >= 4 is 11.7 Å². The maximum absolute atomic E-state index is 14.3. The van der Waals surface area contributed by atoms with E-state index in [9.17, 15) is 14.3 Å². The Labute approximate surface area is 113 Å². The Morgan fingerprint density at radius 1 is 1.26 bits per heavy atom. The van der Waals surface area contributed by atoms with Crippen LogP contribution < -0.4 is 4.90 Å². The molecular weight excluding hydrogens is 245 g/mol. The van der Waals surface area contributed by atoms with E-state index in [1.165, 1.54) is 6.07 Å². The summed E-state index contributed by atoms with van der Waals surface area (Å²) >= 11 is 0. The lowest BCUT2D eigenvalue weighted by Gasteiger charge is -2.36. The first-order chi connectivity index (χ1) is 8.99. The second-order valence-corrected chi connectivity index (χ2v) is 5.48. The fraction of sp³-hybridized carbons (Fsp3) is 0.533. The number of carbonyl (C=O) groups is 1. The maximum Gasteiger partial charge on any atom is 0.314 e. The second kappa shape index (κ2) is 5.19. The number of rotatable bonds is 3. The molecule has 1 saturated carbocycles. The summed E-state index contributed by atoms with van der Waals surface area (Å²) in [5.41, 5.74) is -0.0417. The predicted octanol–water partition coefficient (Wildman–Crippen LogP) is 3.18. The van der Waals surface area contributed by atoms with Gasteiger partial charge in [0.25, 0.3) is 0 Å². The highest BCUT2D eigenvalue weighted by Gasteiger charge is 2.44. The summed E-state index contributed by atoms with van der Waals surface area (Å²) in [5, 5.41) is 9.69. The molecule has 0 aliphatic heterocycles. The molecule has 1 aliphatic rings. The Morgan fingerprint density at radius 2 is 1.89 bits per heavy atom. The van der Waals surface area contributed by atoms with E-state index in [1.54, 1.807) is 17.0 Å². The number of aliphatic carboxylic acids is 1. The first-order valence-corrected chi connectivity index (χ1v) is 6.69. The van der Waals surface area contributed by atoms with Crippen LogP contribution in [0, 0.1) is 5.82 Å². The average Bonchev–Trinajstić information content (AvgIpc) is 2.38. The van der Waals surface area contributed by atoms with Crippen LogP contribution in [0.5, 0.6) is 0 Å². The van der Waals surface area contributed by atoms with Gasteiger partial charge >= 0.3 is 5.97 Å². The van der Waals surface area contributed by atoms with Crippen LogP contribution >= 0.6 is 0 Å². The molecule has 0 spiro atoms. The predicted molar refractivity (Wildman–Crippen MR) is 73.1 cm³/mol. The van der Waals surface area contributed by atoms with Crippen LogP contribution in [0.2, 0.25) is 0 Å². The van der Waals surface area contributed by atoms with Gasteiger partial charge in [0, 0.05) is 25.3 Å². The molecule has 19 heavy (non-hydrogen) atoms. The van der Waals surface area contributed by atoms with Crippen molar-refractivity contribution in [3.05, 3.63) is 29.6 Å². The minimum Gasteiger partial charge on any atom is -0.481 e. The van der Waals surface area contributed by atoms with Gasteiger partial charge in [-0.05, 0) is 25.0 Å². The van der Waals surface area contributed by atoms with Crippen LogP contribution in [-0.4, -0.2) is 25.2 Å². The highest BCUT2D eigenvalue weighted by atomic mass is 19.1. The van der Waals surface area contributed by atoms with E-state index < -0.39 is 17.2 Å². The molecule has 0 heterocycles. The molecule has 3 nitrogen and oxygen atoms in total. The molecule has 0 radical (unpaired) electrons. The summed E-state index contributed by atoms with van der Waals surface area (Å²) in [5.74, 6) is -1.31. The molecule has 1 aromatic rings. The third-order valence-corrected chi connectivity index (χ3v) is 4.07. The van der Waals surface area contributed by atoms with Crippen molar-refractivity contribution in [1.29, 1.82) is 0 Å². The molecule has 0 unspecified atom stereocenters. The quantitative estimate of drug-likeness (QED) is 0.912. The van der Waals surface area contributed by atoms with E-state index in [4.69, 9.17) is 0 Å². The van der Waals surface area contributed by atoms with Gasteiger partial charge in [0.2, 0.25) is 0 Å². The molecule has 0 atom stereocenters. The zero-order valence-corrected chi connectivity index (χ0v) is 11.4. The first kappa shape index (κ1) is 13.8. The van der Waals surface area contributed by atoms with Crippen LogP contribution in [0.15, 0.2) is 18.2 Å². The normalized spacial score (nSPS) is 18.1. The van der Waals surface area contributed by atoms with E-state index in [0.717, 1.165) is 19.3 Å². The van der Waals surface area contributed by atoms with Crippen molar-refractivity contribution < 1.29 is 14.3 Å². The molecule has 0 saturated heterocycles. The topological polar surface area (TPSA) is 40.5 Å². The third-order valence-electron chi connectivity index (χ3n) is 4.07. The van der Waals surface area contributed by atoms with Gasteiger partial charge in [-0.3, -0.25) is 4.79 Å². The standard InChI is InChI=1S/C15H20FNO2/c1-17(2)12-8-6-7-11(16)13(12)15(14(18)19)9-4-3-5-10-15/h6-8H,3-5,9-10H2,1-2H3,(H,18,19). The average molecular weight is 265 g/mol. The van der Waals surface area contributed by atoms with Crippen LogP contribution in [0.4, 0.5) is 10.1 Å².